The number of hydrogen-bond acceptors (Lipinski definition) is 2. The molecule has 0 aliphatic heterocycles. The van der Waals surface area contributed by atoms with Crippen molar-refractivity contribution in [2.75, 3.05) is 9.80 Å². The Kier molecular flexibility index (Phi) is 8.21. The topological polar surface area (TPSA) is 6.48 Å². The quantitative estimate of drug-likeness (QED) is 0.158. The van der Waals surface area contributed by atoms with Crippen molar-refractivity contribution < 1.29 is 0 Å². The van der Waals surface area contributed by atoms with E-state index in [-0.39, 0.29) is 0 Å². The molecule has 1 aliphatic rings. The molecule has 0 radical (unpaired) electrons. The highest BCUT2D eigenvalue weighted by molar-refractivity contribution is 5.92. The van der Waals surface area contributed by atoms with E-state index in [1.807, 2.05) is 0 Å². The number of anilines is 6. The summed E-state index contributed by atoms with van der Waals surface area (Å²) in [5.41, 5.74) is 16.2. The van der Waals surface area contributed by atoms with Gasteiger partial charge in [-0.05, 0) is 120 Å². The number of para-hydroxylation sites is 4. The number of rotatable bonds is 8. The molecule has 53 heavy (non-hydrogen) atoms. The minimum Gasteiger partial charge on any atom is -0.310 e. The molecule has 254 valence electrons. The van der Waals surface area contributed by atoms with E-state index >= 15 is 0 Å². The maximum atomic E-state index is 2.45. The van der Waals surface area contributed by atoms with Crippen molar-refractivity contribution in [1.82, 2.24) is 0 Å². The van der Waals surface area contributed by atoms with Crippen molar-refractivity contribution in [3.63, 3.8) is 0 Å². The molecule has 2 heteroatoms. The lowest BCUT2D eigenvalue weighted by Crippen LogP contribution is -2.29. The Bertz CT molecular complexity index is 2270. The predicted molar refractivity (Wildman–Crippen MR) is 223 cm³/mol. The molecular weight excluding hydrogens is 641 g/mol. The lowest BCUT2D eigenvalue weighted by molar-refractivity contribution is 0.766. The summed E-state index contributed by atoms with van der Waals surface area (Å²) in [6, 6.07) is 75.2. The fraction of sp³-hybridized carbons (Fsp3) is 0.0588. The summed E-state index contributed by atoms with van der Waals surface area (Å²) in [4.78, 5) is 4.75. The van der Waals surface area contributed by atoms with Gasteiger partial charge in [0.1, 0.15) is 0 Å². The fourth-order valence-electron chi connectivity index (χ4n) is 8.33. The zero-order valence-corrected chi connectivity index (χ0v) is 30.0. The minimum atomic E-state index is -0.590. The van der Waals surface area contributed by atoms with Gasteiger partial charge in [0.2, 0.25) is 0 Å². The molecule has 0 spiro atoms. The average Bonchev–Trinajstić information content (AvgIpc) is 3.50. The summed E-state index contributed by atoms with van der Waals surface area (Å²) in [5.74, 6) is 0. The molecule has 0 heterocycles. The highest BCUT2D eigenvalue weighted by atomic mass is 15.1. The first-order valence-corrected chi connectivity index (χ1v) is 18.4. The van der Waals surface area contributed by atoms with E-state index in [0.717, 1.165) is 34.1 Å². The highest BCUT2D eigenvalue weighted by Crippen LogP contribution is 2.58. The number of fused-ring (bicyclic) bond motifs is 3. The molecule has 0 saturated heterocycles. The normalized spacial score (nSPS) is 12.5. The van der Waals surface area contributed by atoms with Crippen LogP contribution in [0.1, 0.15) is 33.4 Å². The van der Waals surface area contributed by atoms with Gasteiger partial charge in [-0.1, -0.05) is 145 Å². The smallest absolute Gasteiger partial charge is 0.0715 e. The van der Waals surface area contributed by atoms with Gasteiger partial charge in [0.15, 0.2) is 0 Å². The van der Waals surface area contributed by atoms with Crippen LogP contribution in [0.5, 0.6) is 0 Å². The van der Waals surface area contributed by atoms with Crippen LogP contribution in [-0.4, -0.2) is 0 Å². The van der Waals surface area contributed by atoms with Gasteiger partial charge in [-0.25, -0.2) is 0 Å². The van der Waals surface area contributed by atoms with Gasteiger partial charge in [0, 0.05) is 34.1 Å². The second kappa shape index (κ2) is 13.5. The zero-order valence-electron chi connectivity index (χ0n) is 30.0. The second-order valence-electron chi connectivity index (χ2n) is 14.0. The van der Waals surface area contributed by atoms with Crippen LogP contribution in [0.2, 0.25) is 0 Å². The van der Waals surface area contributed by atoms with E-state index < -0.39 is 5.41 Å². The number of aryl methyl sites for hydroxylation is 2. The molecule has 0 N–H and O–H groups in total. The number of benzene rings is 8. The van der Waals surface area contributed by atoms with Gasteiger partial charge in [-0.15, -0.1) is 0 Å². The second-order valence-corrected chi connectivity index (χ2v) is 14.0. The van der Waals surface area contributed by atoms with E-state index in [0.29, 0.717) is 0 Å². The Balaban J connectivity index is 1.36. The van der Waals surface area contributed by atoms with E-state index in [9.17, 15) is 0 Å². The van der Waals surface area contributed by atoms with E-state index in [1.54, 1.807) is 0 Å². The molecule has 0 fully saturated rings. The van der Waals surface area contributed by atoms with Gasteiger partial charge >= 0.3 is 0 Å². The molecule has 0 atom stereocenters. The average molecular weight is 681 g/mol. The van der Waals surface area contributed by atoms with Crippen molar-refractivity contribution in [3.05, 3.63) is 240 Å². The molecule has 0 aromatic heterocycles. The van der Waals surface area contributed by atoms with Crippen LogP contribution < -0.4 is 9.80 Å². The van der Waals surface area contributed by atoms with Crippen molar-refractivity contribution in [2.24, 2.45) is 0 Å². The van der Waals surface area contributed by atoms with Gasteiger partial charge in [-0.3, -0.25) is 0 Å². The molecule has 8 aromatic carbocycles. The van der Waals surface area contributed by atoms with Crippen molar-refractivity contribution >= 4 is 34.1 Å². The Hall–Kier alpha value is -6.64. The third kappa shape index (κ3) is 5.60. The third-order valence-corrected chi connectivity index (χ3v) is 10.6. The van der Waals surface area contributed by atoms with Crippen molar-refractivity contribution in [1.29, 1.82) is 0 Å². The molecular formula is C51H40N2. The first-order valence-electron chi connectivity index (χ1n) is 18.4. The van der Waals surface area contributed by atoms with E-state index in [1.165, 1.54) is 44.5 Å². The monoisotopic (exact) mass is 680 g/mol. The summed E-state index contributed by atoms with van der Waals surface area (Å²) < 4.78 is 0. The maximum Gasteiger partial charge on any atom is 0.0715 e. The molecule has 0 bridgehead atoms. The Morgan fingerprint density at radius 1 is 0.302 bits per heavy atom. The SMILES string of the molecule is Cc1cccc(C2(c3cccc(C)c3)c3cc(N(c4ccccc4)c4ccccc4)ccc3-c3ccc(N(c4ccccc4)c4ccccc4)cc32)c1. The van der Waals surface area contributed by atoms with E-state index in [4.69, 9.17) is 0 Å². The maximum absolute atomic E-state index is 2.45. The Morgan fingerprint density at radius 3 is 0.962 bits per heavy atom. The molecule has 0 unspecified atom stereocenters. The standard InChI is InChI=1S/C51H40N2/c1-37-17-15-19-39(33-37)51(40-20-16-18-38(2)34-40)49-35-45(52(41-21-7-3-8-22-41)42-23-9-4-10-24-42)29-31-47(49)48-32-30-46(36-50(48)51)53(43-25-11-5-12-26-43)44-27-13-6-14-28-44/h3-36H,1-2H3. The molecule has 0 amide bonds. The van der Waals surface area contributed by atoms with Crippen LogP contribution in [0.25, 0.3) is 11.1 Å². The summed E-state index contributed by atoms with van der Waals surface area (Å²) >= 11 is 0. The van der Waals surface area contributed by atoms with E-state index in [2.05, 4.69) is 230 Å². The molecule has 8 aromatic rings. The minimum absolute atomic E-state index is 0.590. The van der Waals surface area contributed by atoms with Crippen LogP contribution in [0, 0.1) is 13.8 Å². The largest absolute Gasteiger partial charge is 0.310 e. The molecule has 2 nitrogen and oxygen atoms in total. The molecule has 0 saturated carbocycles. The summed E-state index contributed by atoms with van der Waals surface area (Å²) in [7, 11) is 0. The Morgan fingerprint density at radius 2 is 0.642 bits per heavy atom. The summed E-state index contributed by atoms with van der Waals surface area (Å²) in [5, 5.41) is 0. The number of hydrogen-bond donors (Lipinski definition) is 0. The highest BCUT2D eigenvalue weighted by Gasteiger charge is 2.47. The van der Waals surface area contributed by atoms with Crippen molar-refractivity contribution in [2.45, 2.75) is 19.3 Å². The van der Waals surface area contributed by atoms with Gasteiger partial charge < -0.3 is 9.80 Å². The first-order chi connectivity index (χ1) is 26.1. The van der Waals surface area contributed by atoms with Gasteiger partial charge in [0.25, 0.3) is 0 Å². The van der Waals surface area contributed by atoms with Gasteiger partial charge in [0.05, 0.1) is 5.41 Å². The van der Waals surface area contributed by atoms with Crippen LogP contribution in [0.4, 0.5) is 34.1 Å². The summed E-state index contributed by atoms with van der Waals surface area (Å²) in [6.07, 6.45) is 0. The fourth-order valence-corrected chi connectivity index (χ4v) is 8.33. The zero-order chi connectivity index (χ0) is 35.8. The van der Waals surface area contributed by atoms with Gasteiger partial charge in [-0.2, -0.15) is 0 Å². The lowest BCUT2D eigenvalue weighted by atomic mass is 9.67. The van der Waals surface area contributed by atoms with Crippen LogP contribution in [0.3, 0.4) is 0 Å². The summed E-state index contributed by atoms with van der Waals surface area (Å²) in [6.45, 7) is 4.41. The molecule has 9 rings (SSSR count). The third-order valence-electron chi connectivity index (χ3n) is 10.6. The van der Waals surface area contributed by atoms with Crippen LogP contribution in [0.15, 0.2) is 206 Å². The number of nitrogens with zero attached hydrogens (tertiary/aromatic N) is 2. The first kappa shape index (κ1) is 32.3. The lowest BCUT2D eigenvalue weighted by Gasteiger charge is -2.36. The van der Waals surface area contributed by atoms with Crippen LogP contribution in [-0.2, 0) is 5.41 Å². The Labute approximate surface area is 312 Å². The van der Waals surface area contributed by atoms with Crippen LogP contribution >= 0.6 is 0 Å². The predicted octanol–water partition coefficient (Wildman–Crippen LogP) is 13.6. The van der Waals surface area contributed by atoms with Crippen molar-refractivity contribution in [3.8, 4) is 11.1 Å². The molecule has 1 aliphatic carbocycles.